The summed E-state index contributed by atoms with van der Waals surface area (Å²) in [6, 6.07) is -0.825. The van der Waals surface area contributed by atoms with E-state index in [1.165, 1.54) is 64.2 Å². The second kappa shape index (κ2) is 33.3. The number of quaternary nitrogens is 1. The molecule has 0 aliphatic carbocycles. The van der Waals surface area contributed by atoms with Crippen molar-refractivity contribution in [2.75, 3.05) is 40.9 Å². The summed E-state index contributed by atoms with van der Waals surface area (Å²) in [6.07, 6.45) is 34.7. The second-order valence-corrected chi connectivity index (χ2v) is 16.6. The lowest BCUT2D eigenvalue weighted by molar-refractivity contribution is -0.870. The number of nitrogens with zero attached hydrogens (tertiary/aromatic N) is 1. The number of phosphoric ester groups is 1. The molecule has 300 valence electrons. The molecule has 0 fully saturated rings. The monoisotopic (exact) mass is 743 g/mol. The van der Waals surface area contributed by atoms with Gasteiger partial charge in [-0.1, -0.05) is 153 Å². The fourth-order valence-corrected chi connectivity index (χ4v) is 6.38. The average Bonchev–Trinajstić information content (AvgIpc) is 3.06. The van der Waals surface area contributed by atoms with Crippen molar-refractivity contribution < 1.29 is 38.0 Å². The highest BCUT2D eigenvalue weighted by molar-refractivity contribution is 7.45. The van der Waals surface area contributed by atoms with Crippen molar-refractivity contribution in [1.82, 2.24) is 5.32 Å². The van der Waals surface area contributed by atoms with E-state index in [4.69, 9.17) is 9.05 Å². The molecule has 0 spiro atoms. The van der Waals surface area contributed by atoms with Gasteiger partial charge in [-0.2, -0.15) is 0 Å². The molecule has 0 saturated carbocycles. The zero-order valence-electron chi connectivity index (χ0n) is 33.4. The Labute approximate surface area is 313 Å². The zero-order valence-corrected chi connectivity index (χ0v) is 34.3. The average molecular weight is 743 g/mol. The summed E-state index contributed by atoms with van der Waals surface area (Å²) in [5.41, 5.74) is 0. The van der Waals surface area contributed by atoms with Crippen molar-refractivity contribution in [3.63, 3.8) is 0 Å². The fraction of sp³-hybridized carbons (Fsp3) is 0.829. The summed E-state index contributed by atoms with van der Waals surface area (Å²) >= 11 is 0. The molecule has 0 aromatic rings. The van der Waals surface area contributed by atoms with E-state index in [9.17, 15) is 24.5 Å². The van der Waals surface area contributed by atoms with Crippen LogP contribution in [0.3, 0.4) is 0 Å². The molecule has 0 aliphatic rings. The van der Waals surface area contributed by atoms with E-state index in [-0.39, 0.29) is 19.1 Å². The predicted molar refractivity (Wildman–Crippen MR) is 211 cm³/mol. The van der Waals surface area contributed by atoms with Gasteiger partial charge in [-0.05, 0) is 38.5 Å². The molecule has 0 heterocycles. The third-order valence-electron chi connectivity index (χ3n) is 8.97. The van der Waals surface area contributed by atoms with Crippen molar-refractivity contribution in [2.45, 2.75) is 180 Å². The number of aliphatic hydroxyl groups is 2. The lowest BCUT2D eigenvalue weighted by Crippen LogP contribution is -2.46. The Morgan fingerprint density at radius 2 is 1.33 bits per heavy atom. The minimum absolute atomic E-state index is 0.00249. The van der Waals surface area contributed by atoms with Crippen molar-refractivity contribution in [3.8, 4) is 0 Å². The van der Waals surface area contributed by atoms with E-state index >= 15 is 0 Å². The molecular formula is C41H79N2O7P. The topological polar surface area (TPSA) is 128 Å². The van der Waals surface area contributed by atoms with Gasteiger partial charge in [0.05, 0.1) is 46.0 Å². The molecule has 4 atom stereocenters. The maximum absolute atomic E-state index is 12.8. The standard InChI is InChI=1S/C41H79N2O7P/c1-6-8-10-11-12-13-14-15-16-19-22-25-29-33-40(45)39(37-50-51(47,48)49-36-35-43(3,4)5)42-41(46)34-30-26-23-20-17-18-21-24-28-32-38(44)31-27-9-7-2/h9,21,24,27-28,32,38-40,44-45H,6-8,10-20,22-23,25-26,29-31,33-37H2,1-5H3,(H-,42,46,47,48)/b24-21+,27-9+,32-28+/t38?,39-,40+/m0/s1. The van der Waals surface area contributed by atoms with Gasteiger partial charge in [0.25, 0.3) is 7.82 Å². The van der Waals surface area contributed by atoms with Gasteiger partial charge in [-0.15, -0.1) is 0 Å². The Morgan fingerprint density at radius 1 is 0.765 bits per heavy atom. The van der Waals surface area contributed by atoms with Crippen LogP contribution in [0.5, 0.6) is 0 Å². The van der Waals surface area contributed by atoms with Gasteiger partial charge >= 0.3 is 0 Å². The van der Waals surface area contributed by atoms with Gasteiger partial charge in [0.15, 0.2) is 0 Å². The smallest absolute Gasteiger partial charge is 0.268 e. The largest absolute Gasteiger partial charge is 0.756 e. The molecule has 0 aliphatic heterocycles. The molecule has 10 heteroatoms. The first-order chi connectivity index (χ1) is 24.4. The number of hydrogen-bond donors (Lipinski definition) is 3. The Bertz CT molecular complexity index is 951. The molecule has 0 aromatic carbocycles. The van der Waals surface area contributed by atoms with Crippen LogP contribution < -0.4 is 10.2 Å². The SMILES string of the molecule is CC/C=C/CC(O)/C=C/C=C/CCCCCCCC(=O)N[C@@H](COP(=O)([O-])OCC[N+](C)(C)C)[C@H](O)CCCCCCCCCCCCCCC. The number of likely N-dealkylation sites (N-methyl/N-ethyl adjacent to an activating group) is 1. The Balaban J connectivity index is 4.51. The summed E-state index contributed by atoms with van der Waals surface area (Å²) in [4.78, 5) is 25.2. The Kier molecular flexibility index (Phi) is 32.4. The number of allylic oxidation sites excluding steroid dienone is 4. The summed E-state index contributed by atoms with van der Waals surface area (Å²) in [5.74, 6) is -0.207. The quantitative estimate of drug-likeness (QED) is 0.0192. The first-order valence-electron chi connectivity index (χ1n) is 20.4. The van der Waals surface area contributed by atoms with Crippen LogP contribution in [0.1, 0.15) is 162 Å². The molecule has 0 rings (SSSR count). The highest BCUT2D eigenvalue weighted by Gasteiger charge is 2.24. The molecule has 51 heavy (non-hydrogen) atoms. The first-order valence-corrected chi connectivity index (χ1v) is 21.9. The maximum Gasteiger partial charge on any atom is 0.268 e. The van der Waals surface area contributed by atoms with Crippen LogP contribution in [0.25, 0.3) is 0 Å². The van der Waals surface area contributed by atoms with Gasteiger partial charge in [-0.3, -0.25) is 9.36 Å². The Hall–Kier alpha value is -1.32. The summed E-state index contributed by atoms with van der Waals surface area (Å²) in [5, 5.41) is 23.7. The van der Waals surface area contributed by atoms with Gasteiger partial charge in [0.2, 0.25) is 5.91 Å². The normalized spacial score (nSPS) is 15.5. The third-order valence-corrected chi connectivity index (χ3v) is 9.94. The number of amides is 1. The summed E-state index contributed by atoms with van der Waals surface area (Å²) in [7, 11) is 1.25. The van der Waals surface area contributed by atoms with Crippen LogP contribution in [-0.2, 0) is 18.4 Å². The van der Waals surface area contributed by atoms with Crippen LogP contribution in [0, 0.1) is 0 Å². The van der Waals surface area contributed by atoms with Crippen molar-refractivity contribution in [1.29, 1.82) is 0 Å². The Morgan fingerprint density at radius 3 is 1.92 bits per heavy atom. The second-order valence-electron chi connectivity index (χ2n) is 15.2. The van der Waals surface area contributed by atoms with E-state index in [1.807, 2.05) is 39.4 Å². The highest BCUT2D eigenvalue weighted by atomic mass is 31.2. The van der Waals surface area contributed by atoms with Crippen LogP contribution in [0.15, 0.2) is 36.5 Å². The minimum atomic E-state index is -4.58. The number of rotatable bonds is 36. The van der Waals surface area contributed by atoms with Crippen molar-refractivity contribution in [3.05, 3.63) is 36.5 Å². The van der Waals surface area contributed by atoms with Crippen LogP contribution in [-0.4, -0.2) is 79.8 Å². The van der Waals surface area contributed by atoms with E-state index in [0.717, 1.165) is 64.2 Å². The number of phosphoric acid groups is 1. The number of hydrogen-bond acceptors (Lipinski definition) is 7. The lowest BCUT2D eigenvalue weighted by Gasteiger charge is -2.30. The zero-order chi connectivity index (χ0) is 38.1. The van der Waals surface area contributed by atoms with Crippen molar-refractivity contribution >= 4 is 13.7 Å². The van der Waals surface area contributed by atoms with Crippen LogP contribution in [0.2, 0.25) is 0 Å². The van der Waals surface area contributed by atoms with E-state index < -0.39 is 26.1 Å². The molecule has 3 N–H and O–H groups in total. The van der Waals surface area contributed by atoms with E-state index in [1.54, 1.807) is 6.08 Å². The fourth-order valence-electron chi connectivity index (χ4n) is 5.66. The number of unbranched alkanes of at least 4 members (excludes halogenated alkanes) is 17. The van der Waals surface area contributed by atoms with Gasteiger partial charge in [-0.25, -0.2) is 0 Å². The molecule has 9 nitrogen and oxygen atoms in total. The van der Waals surface area contributed by atoms with Gasteiger partial charge in [0.1, 0.15) is 13.2 Å². The van der Waals surface area contributed by atoms with E-state index in [0.29, 0.717) is 30.3 Å². The third kappa shape index (κ3) is 35.5. The molecular weight excluding hydrogens is 663 g/mol. The minimum Gasteiger partial charge on any atom is -0.756 e. The number of aliphatic hydroxyl groups excluding tert-OH is 2. The molecule has 2 unspecified atom stereocenters. The first kappa shape index (κ1) is 49.7. The molecule has 0 radical (unpaired) electrons. The predicted octanol–water partition coefficient (Wildman–Crippen LogP) is 9.08. The van der Waals surface area contributed by atoms with Gasteiger partial charge in [0, 0.05) is 6.42 Å². The van der Waals surface area contributed by atoms with Gasteiger partial charge < -0.3 is 34.0 Å². The molecule has 1 amide bonds. The highest BCUT2D eigenvalue weighted by Crippen LogP contribution is 2.38. The molecule has 0 aromatic heterocycles. The number of carbonyl (C=O) groups is 1. The number of nitrogens with one attached hydrogen (secondary N) is 1. The number of carbonyl (C=O) groups excluding carboxylic acids is 1. The molecule has 0 saturated heterocycles. The van der Waals surface area contributed by atoms with Crippen LogP contribution >= 0.6 is 7.82 Å². The maximum atomic E-state index is 12.8. The lowest BCUT2D eigenvalue weighted by atomic mass is 10.0. The molecule has 0 bridgehead atoms. The summed E-state index contributed by atoms with van der Waals surface area (Å²) < 4.78 is 23.2. The van der Waals surface area contributed by atoms with Crippen molar-refractivity contribution in [2.24, 2.45) is 0 Å². The van der Waals surface area contributed by atoms with E-state index in [2.05, 4.69) is 31.3 Å². The summed E-state index contributed by atoms with van der Waals surface area (Å²) in [6.45, 7) is 4.46. The van der Waals surface area contributed by atoms with Crippen LogP contribution in [0.4, 0.5) is 0 Å².